The predicted molar refractivity (Wildman–Crippen MR) is 111 cm³/mol. The summed E-state index contributed by atoms with van der Waals surface area (Å²) in [5, 5.41) is 0.708. The number of ether oxygens (including phenoxy) is 1. The number of carbonyl (C=O) groups is 1. The molecule has 2 aliphatic rings. The number of benzene rings is 2. The van der Waals surface area contributed by atoms with Crippen LogP contribution in [0, 0.1) is 17.8 Å². The summed E-state index contributed by atoms with van der Waals surface area (Å²) in [6.45, 7) is 1.92. The zero-order valence-corrected chi connectivity index (χ0v) is 16.8. The van der Waals surface area contributed by atoms with Gasteiger partial charge in [0.2, 0.25) is 0 Å². The second-order valence-electron chi connectivity index (χ2n) is 7.56. The van der Waals surface area contributed by atoms with E-state index in [0.29, 0.717) is 11.1 Å². The molecule has 1 aliphatic carbocycles. The highest BCUT2D eigenvalue weighted by Gasteiger charge is 2.33. The molecule has 0 aromatic heterocycles. The number of halogens is 1. The maximum Gasteiger partial charge on any atom is 0.308 e. The maximum absolute atomic E-state index is 11.8. The van der Waals surface area contributed by atoms with Crippen LogP contribution in [-0.2, 0) is 16.0 Å². The molecule has 0 saturated carbocycles. The van der Waals surface area contributed by atoms with Crippen LogP contribution in [0.5, 0.6) is 0 Å². The Hall–Kier alpha value is -2.28. The molecule has 0 N–H and O–H groups in total. The molecule has 28 heavy (non-hydrogen) atoms. The standard InChI is InChI=1S/C24H24ClNO2/c1-28-24(27)19-11-13-26(14-12-19)23-10-8-20-15-18(7-9-22(20)23)6-5-17-3-2-4-21(25)16-17/h2-4,7,9,15-16,19,23H,8,10-14H2,1H3. The molecule has 0 bridgehead atoms. The summed E-state index contributed by atoms with van der Waals surface area (Å²) in [5.74, 6) is 6.46. The van der Waals surface area contributed by atoms with Crippen LogP contribution in [0.3, 0.4) is 0 Å². The molecule has 1 saturated heterocycles. The van der Waals surface area contributed by atoms with Crippen molar-refractivity contribution < 1.29 is 9.53 Å². The third-order valence-corrected chi connectivity index (χ3v) is 6.10. The van der Waals surface area contributed by atoms with Crippen molar-refractivity contribution in [1.29, 1.82) is 0 Å². The van der Waals surface area contributed by atoms with Crippen molar-refractivity contribution in [3.63, 3.8) is 0 Å². The van der Waals surface area contributed by atoms with Crippen LogP contribution in [0.4, 0.5) is 0 Å². The summed E-state index contributed by atoms with van der Waals surface area (Å²) in [6.07, 6.45) is 4.01. The van der Waals surface area contributed by atoms with Crippen LogP contribution >= 0.6 is 11.6 Å². The van der Waals surface area contributed by atoms with Crippen molar-refractivity contribution in [2.45, 2.75) is 31.7 Å². The van der Waals surface area contributed by atoms with E-state index in [1.165, 1.54) is 18.2 Å². The van der Waals surface area contributed by atoms with Gasteiger partial charge in [0.1, 0.15) is 0 Å². The van der Waals surface area contributed by atoms with E-state index >= 15 is 0 Å². The molecule has 1 atom stereocenters. The average molecular weight is 394 g/mol. The lowest BCUT2D eigenvalue weighted by Crippen LogP contribution is -2.38. The molecule has 4 heteroatoms. The lowest BCUT2D eigenvalue weighted by Gasteiger charge is -2.35. The number of fused-ring (bicyclic) bond motifs is 1. The second kappa shape index (κ2) is 8.39. The molecular formula is C24H24ClNO2. The van der Waals surface area contributed by atoms with E-state index in [1.54, 1.807) is 0 Å². The fraction of sp³-hybridized carbons (Fsp3) is 0.375. The first-order valence-electron chi connectivity index (χ1n) is 9.86. The summed E-state index contributed by atoms with van der Waals surface area (Å²) in [5.41, 5.74) is 4.80. The second-order valence-corrected chi connectivity index (χ2v) is 8.00. The van der Waals surface area contributed by atoms with Crippen LogP contribution < -0.4 is 0 Å². The molecule has 2 aromatic rings. The fourth-order valence-corrected chi connectivity index (χ4v) is 4.57. The quantitative estimate of drug-likeness (QED) is 0.551. The number of hydrogen-bond donors (Lipinski definition) is 0. The fourth-order valence-electron chi connectivity index (χ4n) is 4.38. The molecule has 144 valence electrons. The van der Waals surface area contributed by atoms with Crippen LogP contribution in [0.1, 0.15) is 47.6 Å². The Balaban J connectivity index is 1.45. The van der Waals surface area contributed by atoms with Crippen LogP contribution in [0.2, 0.25) is 5.02 Å². The normalized spacial score (nSPS) is 19.6. The van der Waals surface area contributed by atoms with E-state index in [4.69, 9.17) is 16.3 Å². The molecule has 1 aliphatic heterocycles. The first-order valence-corrected chi connectivity index (χ1v) is 10.2. The summed E-state index contributed by atoms with van der Waals surface area (Å²) >= 11 is 6.03. The van der Waals surface area contributed by atoms with Crippen LogP contribution in [0.25, 0.3) is 0 Å². The number of carbonyl (C=O) groups excluding carboxylic acids is 1. The number of aryl methyl sites for hydroxylation is 1. The molecule has 0 radical (unpaired) electrons. The van der Waals surface area contributed by atoms with Gasteiger partial charge in [0.15, 0.2) is 0 Å². The topological polar surface area (TPSA) is 29.5 Å². The lowest BCUT2D eigenvalue weighted by atomic mass is 9.94. The number of nitrogens with zero attached hydrogens (tertiary/aromatic N) is 1. The number of rotatable bonds is 2. The Labute approximate surface area is 171 Å². The summed E-state index contributed by atoms with van der Waals surface area (Å²) in [7, 11) is 1.48. The molecule has 0 amide bonds. The summed E-state index contributed by atoms with van der Waals surface area (Å²) < 4.78 is 4.90. The Bertz CT molecular complexity index is 935. The molecule has 1 fully saturated rings. The third-order valence-electron chi connectivity index (χ3n) is 5.87. The SMILES string of the molecule is COC(=O)C1CCN(C2CCc3cc(C#Cc4cccc(Cl)c4)ccc32)CC1. The van der Waals surface area contributed by atoms with Gasteiger partial charge in [0.05, 0.1) is 13.0 Å². The van der Waals surface area contributed by atoms with Gasteiger partial charge in [-0.15, -0.1) is 0 Å². The molecule has 4 rings (SSSR count). The van der Waals surface area contributed by atoms with Gasteiger partial charge in [0, 0.05) is 22.2 Å². The smallest absolute Gasteiger partial charge is 0.308 e. The molecule has 1 unspecified atom stereocenters. The van der Waals surface area contributed by atoms with Gasteiger partial charge < -0.3 is 4.74 Å². The monoisotopic (exact) mass is 393 g/mol. The van der Waals surface area contributed by atoms with Crippen molar-refractivity contribution in [1.82, 2.24) is 4.90 Å². The van der Waals surface area contributed by atoms with E-state index < -0.39 is 0 Å². The zero-order chi connectivity index (χ0) is 19.5. The Morgan fingerprint density at radius 2 is 1.82 bits per heavy atom. The highest BCUT2D eigenvalue weighted by Crippen LogP contribution is 2.38. The molecule has 2 aromatic carbocycles. The largest absolute Gasteiger partial charge is 0.469 e. The Morgan fingerprint density at radius 1 is 1.07 bits per heavy atom. The number of hydrogen-bond acceptors (Lipinski definition) is 3. The lowest BCUT2D eigenvalue weighted by molar-refractivity contribution is -0.147. The summed E-state index contributed by atoms with van der Waals surface area (Å²) in [4.78, 5) is 14.3. The van der Waals surface area contributed by atoms with Gasteiger partial charge in [-0.3, -0.25) is 9.69 Å². The third kappa shape index (κ3) is 4.09. The Kier molecular flexibility index (Phi) is 5.71. The van der Waals surface area contributed by atoms with E-state index in [2.05, 4.69) is 34.9 Å². The van der Waals surface area contributed by atoms with Gasteiger partial charge in [-0.25, -0.2) is 0 Å². The minimum absolute atomic E-state index is 0.0607. The van der Waals surface area contributed by atoms with Gasteiger partial charge in [-0.05, 0) is 80.2 Å². The first kappa shape index (κ1) is 19.1. The molecule has 3 nitrogen and oxygen atoms in total. The maximum atomic E-state index is 11.8. The number of likely N-dealkylation sites (tertiary alicyclic amines) is 1. The molecule has 0 spiro atoms. The van der Waals surface area contributed by atoms with E-state index in [1.807, 2.05) is 24.3 Å². The number of methoxy groups -OCH3 is 1. The first-order chi connectivity index (χ1) is 13.6. The minimum atomic E-state index is -0.0607. The van der Waals surface area contributed by atoms with Gasteiger partial charge in [-0.1, -0.05) is 35.6 Å². The highest BCUT2D eigenvalue weighted by atomic mass is 35.5. The van der Waals surface area contributed by atoms with Crippen LogP contribution in [0.15, 0.2) is 42.5 Å². The predicted octanol–water partition coefficient (Wildman–Crippen LogP) is 4.61. The Morgan fingerprint density at radius 3 is 2.54 bits per heavy atom. The van der Waals surface area contributed by atoms with Crippen molar-refractivity contribution in [3.05, 3.63) is 69.7 Å². The number of piperidine rings is 1. The number of esters is 1. The van der Waals surface area contributed by atoms with Gasteiger partial charge in [0.25, 0.3) is 0 Å². The molecule has 1 heterocycles. The average Bonchev–Trinajstić information content (AvgIpc) is 3.15. The van der Waals surface area contributed by atoms with Crippen molar-refractivity contribution in [3.8, 4) is 11.8 Å². The zero-order valence-electron chi connectivity index (χ0n) is 16.1. The van der Waals surface area contributed by atoms with E-state index in [-0.39, 0.29) is 11.9 Å². The highest BCUT2D eigenvalue weighted by molar-refractivity contribution is 6.30. The summed E-state index contributed by atoms with van der Waals surface area (Å²) in [6, 6.07) is 14.7. The van der Waals surface area contributed by atoms with E-state index in [0.717, 1.165) is 49.9 Å². The van der Waals surface area contributed by atoms with Crippen molar-refractivity contribution >= 4 is 17.6 Å². The van der Waals surface area contributed by atoms with Gasteiger partial charge >= 0.3 is 5.97 Å². The van der Waals surface area contributed by atoms with Crippen molar-refractivity contribution in [2.75, 3.05) is 20.2 Å². The molecular weight excluding hydrogens is 370 g/mol. The van der Waals surface area contributed by atoms with Crippen LogP contribution in [-0.4, -0.2) is 31.1 Å². The van der Waals surface area contributed by atoms with E-state index in [9.17, 15) is 4.79 Å². The van der Waals surface area contributed by atoms with Gasteiger partial charge in [-0.2, -0.15) is 0 Å². The minimum Gasteiger partial charge on any atom is -0.469 e. The van der Waals surface area contributed by atoms with Crippen molar-refractivity contribution in [2.24, 2.45) is 5.92 Å².